The minimum Gasteiger partial charge on any atom is -0.493 e. The van der Waals surface area contributed by atoms with Crippen LogP contribution in [-0.4, -0.2) is 36.3 Å². The second-order valence-electron chi connectivity index (χ2n) is 6.54. The summed E-state index contributed by atoms with van der Waals surface area (Å²) in [6.07, 6.45) is 3.25. The SMILES string of the molecule is COc1ccc(C(=O)Nc2cccc(SC(C)C(=O)Nc3ccncc3)c2)cc1OC. The summed E-state index contributed by atoms with van der Waals surface area (Å²) in [5.74, 6) is 0.646. The number of pyridine rings is 1. The lowest BCUT2D eigenvalue weighted by molar-refractivity contribution is -0.115. The summed E-state index contributed by atoms with van der Waals surface area (Å²) in [4.78, 5) is 29.9. The lowest BCUT2D eigenvalue weighted by Gasteiger charge is -2.13. The summed E-state index contributed by atoms with van der Waals surface area (Å²) in [5, 5.41) is 5.40. The molecule has 2 aromatic carbocycles. The zero-order chi connectivity index (χ0) is 22.2. The van der Waals surface area contributed by atoms with Crippen LogP contribution in [0.3, 0.4) is 0 Å². The van der Waals surface area contributed by atoms with Crippen molar-refractivity contribution in [3.8, 4) is 11.5 Å². The van der Waals surface area contributed by atoms with Gasteiger partial charge in [-0.25, -0.2) is 0 Å². The fourth-order valence-corrected chi connectivity index (χ4v) is 3.69. The number of ether oxygens (including phenoxy) is 2. The van der Waals surface area contributed by atoms with E-state index in [9.17, 15) is 9.59 Å². The molecule has 0 aliphatic heterocycles. The lowest BCUT2D eigenvalue weighted by atomic mass is 10.2. The van der Waals surface area contributed by atoms with E-state index in [-0.39, 0.29) is 17.1 Å². The van der Waals surface area contributed by atoms with E-state index in [1.807, 2.05) is 25.1 Å². The van der Waals surface area contributed by atoms with Crippen LogP contribution < -0.4 is 20.1 Å². The van der Waals surface area contributed by atoms with Gasteiger partial charge in [0.15, 0.2) is 11.5 Å². The molecule has 0 aliphatic rings. The molecule has 1 unspecified atom stereocenters. The van der Waals surface area contributed by atoms with E-state index in [0.717, 1.165) is 4.90 Å². The largest absolute Gasteiger partial charge is 0.493 e. The molecule has 8 heteroatoms. The van der Waals surface area contributed by atoms with E-state index in [1.165, 1.54) is 18.9 Å². The number of rotatable bonds is 8. The van der Waals surface area contributed by atoms with Gasteiger partial charge in [-0.05, 0) is 55.5 Å². The number of aromatic nitrogens is 1. The second-order valence-corrected chi connectivity index (χ2v) is 7.95. The second kappa shape index (κ2) is 10.5. The first kappa shape index (κ1) is 22.2. The molecule has 1 heterocycles. The highest BCUT2D eigenvalue weighted by Gasteiger charge is 2.16. The average molecular weight is 438 g/mol. The summed E-state index contributed by atoms with van der Waals surface area (Å²) in [5.41, 5.74) is 1.77. The molecule has 160 valence electrons. The molecule has 31 heavy (non-hydrogen) atoms. The maximum Gasteiger partial charge on any atom is 0.255 e. The Morgan fingerprint density at radius 1 is 0.903 bits per heavy atom. The van der Waals surface area contributed by atoms with Crippen LogP contribution in [-0.2, 0) is 4.79 Å². The highest BCUT2D eigenvalue weighted by Crippen LogP contribution is 2.29. The molecular weight excluding hydrogens is 414 g/mol. The molecule has 2 amide bonds. The fraction of sp³-hybridized carbons (Fsp3) is 0.174. The Labute approximate surface area is 185 Å². The van der Waals surface area contributed by atoms with Crippen LogP contribution in [0.2, 0.25) is 0 Å². The van der Waals surface area contributed by atoms with E-state index >= 15 is 0 Å². The molecular formula is C23H23N3O4S. The number of anilines is 2. The van der Waals surface area contributed by atoms with E-state index < -0.39 is 0 Å². The van der Waals surface area contributed by atoms with E-state index in [4.69, 9.17) is 9.47 Å². The van der Waals surface area contributed by atoms with E-state index in [1.54, 1.807) is 55.9 Å². The predicted molar refractivity (Wildman–Crippen MR) is 122 cm³/mol. The van der Waals surface area contributed by atoms with Crippen molar-refractivity contribution in [3.63, 3.8) is 0 Å². The fourth-order valence-electron chi connectivity index (χ4n) is 2.76. The number of nitrogens with one attached hydrogen (secondary N) is 2. The van der Waals surface area contributed by atoms with Gasteiger partial charge in [-0.1, -0.05) is 6.07 Å². The summed E-state index contributed by atoms with van der Waals surface area (Å²) in [6, 6.07) is 15.8. The Morgan fingerprint density at radius 2 is 1.65 bits per heavy atom. The number of benzene rings is 2. The van der Waals surface area contributed by atoms with Gasteiger partial charge < -0.3 is 20.1 Å². The highest BCUT2D eigenvalue weighted by molar-refractivity contribution is 8.00. The smallest absolute Gasteiger partial charge is 0.255 e. The van der Waals surface area contributed by atoms with E-state index in [2.05, 4.69) is 15.6 Å². The first-order valence-electron chi connectivity index (χ1n) is 9.51. The number of carbonyl (C=O) groups is 2. The zero-order valence-electron chi connectivity index (χ0n) is 17.4. The van der Waals surface area contributed by atoms with Crippen LogP contribution in [0.4, 0.5) is 11.4 Å². The summed E-state index contributed by atoms with van der Waals surface area (Å²) in [6.45, 7) is 1.83. The van der Waals surface area contributed by atoms with Gasteiger partial charge in [-0.3, -0.25) is 14.6 Å². The van der Waals surface area contributed by atoms with Gasteiger partial charge in [0.05, 0.1) is 19.5 Å². The summed E-state index contributed by atoms with van der Waals surface area (Å²) < 4.78 is 10.5. The van der Waals surface area contributed by atoms with E-state index in [0.29, 0.717) is 28.4 Å². The van der Waals surface area contributed by atoms with Crippen LogP contribution in [0.5, 0.6) is 11.5 Å². The van der Waals surface area contributed by atoms with Crippen molar-refractivity contribution < 1.29 is 19.1 Å². The molecule has 3 aromatic rings. The Hall–Kier alpha value is -3.52. The van der Waals surface area contributed by atoms with Crippen molar-refractivity contribution in [2.45, 2.75) is 17.1 Å². The normalized spacial score (nSPS) is 11.3. The van der Waals surface area contributed by atoms with Crippen molar-refractivity contribution in [1.82, 2.24) is 4.98 Å². The number of amides is 2. The first-order chi connectivity index (χ1) is 15.0. The number of hydrogen-bond donors (Lipinski definition) is 2. The standard InChI is InChI=1S/C23H23N3O4S/c1-15(22(27)25-17-9-11-24-12-10-17)31-19-6-4-5-18(14-19)26-23(28)16-7-8-20(29-2)21(13-16)30-3/h4-15H,1-3H3,(H,26,28)(H,24,25,27). The Balaban J connectivity index is 1.64. The number of thioether (sulfide) groups is 1. The van der Waals surface area contributed by atoms with Gasteiger partial charge in [-0.2, -0.15) is 0 Å². The molecule has 0 saturated carbocycles. The molecule has 0 spiro atoms. The number of hydrogen-bond acceptors (Lipinski definition) is 6. The molecule has 1 aromatic heterocycles. The molecule has 0 aliphatic carbocycles. The quantitative estimate of drug-likeness (QED) is 0.506. The van der Waals surface area contributed by atoms with Crippen LogP contribution >= 0.6 is 11.8 Å². The third-order valence-electron chi connectivity index (χ3n) is 4.37. The molecule has 0 bridgehead atoms. The zero-order valence-corrected chi connectivity index (χ0v) is 18.2. The molecule has 0 saturated heterocycles. The minimum atomic E-state index is -0.329. The molecule has 0 radical (unpaired) electrons. The Bertz CT molecular complexity index is 1060. The minimum absolute atomic E-state index is 0.115. The molecule has 3 rings (SSSR count). The highest BCUT2D eigenvalue weighted by atomic mass is 32.2. The monoisotopic (exact) mass is 437 g/mol. The lowest BCUT2D eigenvalue weighted by Crippen LogP contribution is -2.22. The molecule has 2 N–H and O–H groups in total. The van der Waals surface area contributed by atoms with Gasteiger partial charge in [0.25, 0.3) is 5.91 Å². The van der Waals surface area contributed by atoms with Crippen LogP contribution in [0.15, 0.2) is 71.9 Å². The van der Waals surface area contributed by atoms with Gasteiger partial charge in [-0.15, -0.1) is 11.8 Å². The summed E-state index contributed by atoms with van der Waals surface area (Å²) in [7, 11) is 3.06. The Kier molecular flexibility index (Phi) is 7.50. The van der Waals surface area contributed by atoms with Gasteiger partial charge in [0.1, 0.15) is 0 Å². The van der Waals surface area contributed by atoms with Gasteiger partial charge in [0, 0.05) is 34.2 Å². The maximum absolute atomic E-state index is 12.6. The molecule has 0 fully saturated rings. The topological polar surface area (TPSA) is 89.5 Å². The van der Waals surface area contributed by atoms with Crippen LogP contribution in [0.1, 0.15) is 17.3 Å². The number of carbonyl (C=O) groups excluding carboxylic acids is 2. The van der Waals surface area contributed by atoms with Crippen molar-refractivity contribution in [2.75, 3.05) is 24.9 Å². The maximum atomic E-state index is 12.6. The Morgan fingerprint density at radius 3 is 2.35 bits per heavy atom. The van der Waals surface area contributed by atoms with Crippen LogP contribution in [0, 0.1) is 0 Å². The van der Waals surface area contributed by atoms with Crippen molar-refractivity contribution in [1.29, 1.82) is 0 Å². The summed E-state index contributed by atoms with van der Waals surface area (Å²) >= 11 is 1.40. The predicted octanol–water partition coefficient (Wildman–Crippen LogP) is 4.47. The molecule has 1 atom stereocenters. The van der Waals surface area contributed by atoms with Crippen LogP contribution in [0.25, 0.3) is 0 Å². The number of methoxy groups -OCH3 is 2. The average Bonchev–Trinajstić information content (AvgIpc) is 2.79. The van der Waals surface area contributed by atoms with Gasteiger partial charge in [0.2, 0.25) is 5.91 Å². The first-order valence-corrected chi connectivity index (χ1v) is 10.4. The molecule has 7 nitrogen and oxygen atoms in total. The third-order valence-corrected chi connectivity index (χ3v) is 5.46. The van der Waals surface area contributed by atoms with Crippen molar-refractivity contribution in [3.05, 3.63) is 72.6 Å². The van der Waals surface area contributed by atoms with Crippen molar-refractivity contribution in [2.24, 2.45) is 0 Å². The van der Waals surface area contributed by atoms with Crippen molar-refractivity contribution >= 4 is 35.0 Å². The van der Waals surface area contributed by atoms with Gasteiger partial charge >= 0.3 is 0 Å². The third kappa shape index (κ3) is 5.99. The number of nitrogens with zero attached hydrogens (tertiary/aromatic N) is 1.